The Balaban J connectivity index is 2.15. The molecule has 2 rings (SSSR count). The number of anilines is 2. The third-order valence-electron chi connectivity index (χ3n) is 2.72. The van der Waals surface area contributed by atoms with E-state index in [4.69, 9.17) is 17.3 Å². The summed E-state index contributed by atoms with van der Waals surface area (Å²) >= 11 is 6.00. The summed E-state index contributed by atoms with van der Waals surface area (Å²) in [6.45, 7) is 1.78. The fourth-order valence-electron chi connectivity index (χ4n) is 1.75. The number of aryl methyl sites for hydroxylation is 1. The predicted molar refractivity (Wildman–Crippen MR) is 79.9 cm³/mol. The molecule has 0 fully saturated rings. The van der Waals surface area contributed by atoms with Gasteiger partial charge in [-0.05, 0) is 30.7 Å². The highest BCUT2D eigenvalue weighted by molar-refractivity contribution is 6.33. The number of rotatable bonds is 3. The minimum Gasteiger partial charge on any atom is -0.398 e. The average Bonchev–Trinajstić information content (AvgIpc) is 2.38. The number of benzene rings is 1. The molecular weight excluding hydrogens is 278 g/mol. The molecule has 3 N–H and O–H groups in total. The fraction of sp³-hybridized carbons (Fsp3) is 0.143. The van der Waals surface area contributed by atoms with Crippen molar-refractivity contribution in [1.82, 2.24) is 4.57 Å². The maximum absolute atomic E-state index is 11.9. The SMILES string of the molecule is Cc1ccc(Cl)c(NC(=O)Cn2cc(N)ccc2=O)c1. The lowest BCUT2D eigenvalue weighted by molar-refractivity contribution is -0.116. The van der Waals surface area contributed by atoms with Gasteiger partial charge in [-0.2, -0.15) is 0 Å². The Hall–Kier alpha value is -2.27. The van der Waals surface area contributed by atoms with Gasteiger partial charge in [0, 0.05) is 18.0 Å². The number of pyridine rings is 1. The molecule has 0 saturated carbocycles. The number of nitrogen functional groups attached to an aromatic ring is 1. The number of hydrogen-bond donors (Lipinski definition) is 2. The summed E-state index contributed by atoms with van der Waals surface area (Å²) in [7, 11) is 0. The zero-order valence-electron chi connectivity index (χ0n) is 10.9. The van der Waals surface area contributed by atoms with E-state index >= 15 is 0 Å². The lowest BCUT2D eigenvalue weighted by Crippen LogP contribution is -2.27. The van der Waals surface area contributed by atoms with Crippen LogP contribution >= 0.6 is 11.6 Å². The van der Waals surface area contributed by atoms with E-state index in [0.29, 0.717) is 16.4 Å². The first-order valence-electron chi connectivity index (χ1n) is 5.97. The molecule has 0 unspecified atom stereocenters. The lowest BCUT2D eigenvalue weighted by Gasteiger charge is -2.09. The zero-order valence-corrected chi connectivity index (χ0v) is 11.6. The molecule has 0 aliphatic rings. The maximum Gasteiger partial charge on any atom is 0.251 e. The Morgan fingerprint density at radius 1 is 1.35 bits per heavy atom. The first-order chi connectivity index (χ1) is 9.45. The zero-order chi connectivity index (χ0) is 14.7. The van der Waals surface area contributed by atoms with Crippen molar-refractivity contribution < 1.29 is 4.79 Å². The van der Waals surface area contributed by atoms with Crippen LogP contribution in [0.4, 0.5) is 11.4 Å². The number of carbonyl (C=O) groups is 1. The van der Waals surface area contributed by atoms with Gasteiger partial charge in [0.2, 0.25) is 5.91 Å². The molecule has 2 aromatic rings. The van der Waals surface area contributed by atoms with Crippen molar-refractivity contribution in [2.24, 2.45) is 0 Å². The van der Waals surface area contributed by atoms with Gasteiger partial charge in [0.1, 0.15) is 6.54 Å². The van der Waals surface area contributed by atoms with E-state index in [1.54, 1.807) is 12.1 Å². The van der Waals surface area contributed by atoms with Gasteiger partial charge in [-0.25, -0.2) is 0 Å². The van der Waals surface area contributed by atoms with Crippen LogP contribution < -0.4 is 16.6 Å². The molecule has 1 amide bonds. The van der Waals surface area contributed by atoms with Gasteiger partial charge in [-0.1, -0.05) is 17.7 Å². The normalized spacial score (nSPS) is 10.3. The van der Waals surface area contributed by atoms with Crippen LogP contribution in [0.2, 0.25) is 5.02 Å². The van der Waals surface area contributed by atoms with Crippen LogP contribution in [0.1, 0.15) is 5.56 Å². The summed E-state index contributed by atoms with van der Waals surface area (Å²) in [5.41, 5.74) is 7.22. The Morgan fingerprint density at radius 2 is 2.10 bits per heavy atom. The number of hydrogen-bond acceptors (Lipinski definition) is 3. The highest BCUT2D eigenvalue weighted by atomic mass is 35.5. The van der Waals surface area contributed by atoms with E-state index in [0.717, 1.165) is 5.56 Å². The summed E-state index contributed by atoms with van der Waals surface area (Å²) < 4.78 is 1.24. The van der Waals surface area contributed by atoms with Crippen molar-refractivity contribution in [2.75, 3.05) is 11.1 Å². The Bertz CT molecular complexity index is 710. The third kappa shape index (κ3) is 3.39. The predicted octanol–water partition coefficient (Wildman–Crippen LogP) is 2.03. The van der Waals surface area contributed by atoms with Crippen molar-refractivity contribution in [3.63, 3.8) is 0 Å². The highest BCUT2D eigenvalue weighted by Gasteiger charge is 2.08. The minimum absolute atomic E-state index is 0.117. The smallest absolute Gasteiger partial charge is 0.251 e. The number of halogens is 1. The van der Waals surface area contributed by atoms with E-state index in [2.05, 4.69) is 5.32 Å². The van der Waals surface area contributed by atoms with Gasteiger partial charge >= 0.3 is 0 Å². The van der Waals surface area contributed by atoms with E-state index in [1.807, 2.05) is 13.0 Å². The van der Waals surface area contributed by atoms with Crippen molar-refractivity contribution in [2.45, 2.75) is 13.5 Å². The first kappa shape index (κ1) is 14.1. The molecule has 0 aliphatic carbocycles. The van der Waals surface area contributed by atoms with Crippen LogP contribution in [-0.2, 0) is 11.3 Å². The molecule has 0 aliphatic heterocycles. The van der Waals surface area contributed by atoms with E-state index in [-0.39, 0.29) is 18.0 Å². The van der Waals surface area contributed by atoms with Crippen molar-refractivity contribution in [1.29, 1.82) is 0 Å². The summed E-state index contributed by atoms with van der Waals surface area (Å²) in [4.78, 5) is 23.5. The lowest BCUT2D eigenvalue weighted by atomic mass is 10.2. The van der Waals surface area contributed by atoms with Crippen LogP contribution in [-0.4, -0.2) is 10.5 Å². The monoisotopic (exact) mass is 291 g/mol. The molecular formula is C14H14ClN3O2. The van der Waals surface area contributed by atoms with Crippen molar-refractivity contribution >= 4 is 28.9 Å². The van der Waals surface area contributed by atoms with Gasteiger partial charge < -0.3 is 15.6 Å². The number of nitrogens with one attached hydrogen (secondary N) is 1. The Morgan fingerprint density at radius 3 is 2.85 bits per heavy atom. The first-order valence-corrected chi connectivity index (χ1v) is 6.35. The molecule has 1 heterocycles. The second-order valence-electron chi connectivity index (χ2n) is 4.46. The molecule has 1 aromatic carbocycles. The number of aromatic nitrogens is 1. The van der Waals surface area contributed by atoms with Crippen LogP contribution in [0.15, 0.2) is 41.3 Å². The number of amides is 1. The fourth-order valence-corrected chi connectivity index (χ4v) is 1.92. The molecule has 0 radical (unpaired) electrons. The average molecular weight is 292 g/mol. The van der Waals surface area contributed by atoms with Crippen LogP contribution in [0.3, 0.4) is 0 Å². The molecule has 104 valence electrons. The van der Waals surface area contributed by atoms with Crippen LogP contribution in [0.5, 0.6) is 0 Å². The van der Waals surface area contributed by atoms with Gasteiger partial charge in [0.25, 0.3) is 5.56 Å². The van der Waals surface area contributed by atoms with E-state index in [1.165, 1.54) is 22.9 Å². The molecule has 0 saturated heterocycles. The largest absolute Gasteiger partial charge is 0.398 e. The summed E-state index contributed by atoms with van der Waals surface area (Å²) in [6.07, 6.45) is 1.43. The molecule has 1 aromatic heterocycles. The maximum atomic E-state index is 11.9. The van der Waals surface area contributed by atoms with Gasteiger partial charge in [0.05, 0.1) is 10.7 Å². The third-order valence-corrected chi connectivity index (χ3v) is 3.05. The summed E-state index contributed by atoms with van der Waals surface area (Å²) in [5, 5.41) is 3.12. The molecule has 0 bridgehead atoms. The second kappa shape index (κ2) is 5.79. The van der Waals surface area contributed by atoms with Gasteiger partial charge in [-0.3, -0.25) is 9.59 Å². The van der Waals surface area contributed by atoms with E-state index in [9.17, 15) is 9.59 Å². The van der Waals surface area contributed by atoms with Crippen molar-refractivity contribution in [3.05, 3.63) is 57.5 Å². The quantitative estimate of drug-likeness (QED) is 0.908. The Labute approximate surface area is 121 Å². The second-order valence-corrected chi connectivity index (χ2v) is 4.87. The van der Waals surface area contributed by atoms with Crippen LogP contribution in [0.25, 0.3) is 0 Å². The topological polar surface area (TPSA) is 77.1 Å². The molecule has 5 nitrogen and oxygen atoms in total. The van der Waals surface area contributed by atoms with Crippen LogP contribution in [0, 0.1) is 6.92 Å². The van der Waals surface area contributed by atoms with E-state index < -0.39 is 0 Å². The molecule has 0 spiro atoms. The van der Waals surface area contributed by atoms with Gasteiger partial charge in [-0.15, -0.1) is 0 Å². The number of nitrogens with zero attached hydrogens (tertiary/aromatic N) is 1. The molecule has 20 heavy (non-hydrogen) atoms. The standard InChI is InChI=1S/C14H14ClN3O2/c1-9-2-4-11(15)12(6-9)17-13(19)8-18-7-10(16)3-5-14(18)20/h2-7H,8,16H2,1H3,(H,17,19). The van der Waals surface area contributed by atoms with Crippen molar-refractivity contribution in [3.8, 4) is 0 Å². The minimum atomic E-state index is -0.342. The molecule has 0 atom stereocenters. The summed E-state index contributed by atoms with van der Waals surface area (Å²) in [5.74, 6) is -0.342. The summed E-state index contributed by atoms with van der Waals surface area (Å²) in [6, 6.07) is 8.14. The van der Waals surface area contributed by atoms with Gasteiger partial charge in [0.15, 0.2) is 0 Å². The Kier molecular flexibility index (Phi) is 4.10. The number of carbonyl (C=O) groups excluding carboxylic acids is 1. The molecule has 6 heteroatoms. The highest BCUT2D eigenvalue weighted by Crippen LogP contribution is 2.22. The number of nitrogens with two attached hydrogens (primary N) is 1.